The summed E-state index contributed by atoms with van der Waals surface area (Å²) in [6, 6.07) is 19.8. The number of fused-ring (bicyclic) bond motifs is 1. The predicted octanol–water partition coefficient (Wildman–Crippen LogP) is 3.33. The number of ether oxygens (including phenoxy) is 1. The Labute approximate surface area is 148 Å². The molecule has 0 amide bonds. The van der Waals surface area contributed by atoms with Crippen molar-refractivity contribution < 1.29 is 4.74 Å². The molecule has 4 rings (SSSR count). The van der Waals surface area contributed by atoms with Crippen molar-refractivity contribution in [2.75, 3.05) is 32.8 Å². The smallest absolute Gasteiger partial charge is 0.0594 e. The number of morpholine rings is 1. The maximum Gasteiger partial charge on any atom is 0.0594 e. The molecule has 0 radical (unpaired) electrons. The summed E-state index contributed by atoms with van der Waals surface area (Å²) in [7, 11) is 0. The highest BCUT2D eigenvalue weighted by atomic mass is 16.5. The Morgan fingerprint density at radius 2 is 1.84 bits per heavy atom. The van der Waals surface area contributed by atoms with E-state index in [-0.39, 0.29) is 0 Å². The van der Waals surface area contributed by atoms with Crippen LogP contribution in [-0.2, 0) is 11.3 Å². The molecule has 1 aliphatic rings. The van der Waals surface area contributed by atoms with Gasteiger partial charge in [0, 0.05) is 49.3 Å². The molecule has 0 saturated carbocycles. The summed E-state index contributed by atoms with van der Waals surface area (Å²) in [6.45, 7) is 5.45. The largest absolute Gasteiger partial charge is 0.379 e. The number of hydrogen-bond donors (Lipinski definition) is 2. The van der Waals surface area contributed by atoms with Gasteiger partial charge in [0.15, 0.2) is 0 Å². The van der Waals surface area contributed by atoms with Gasteiger partial charge < -0.3 is 15.0 Å². The molecule has 0 aliphatic carbocycles. The molecule has 2 aromatic carbocycles. The second-order valence-electron chi connectivity index (χ2n) is 6.56. The molecule has 4 heteroatoms. The lowest BCUT2D eigenvalue weighted by atomic mass is 10.0. The van der Waals surface area contributed by atoms with Crippen LogP contribution >= 0.6 is 0 Å². The minimum Gasteiger partial charge on any atom is -0.379 e. The average Bonchev–Trinajstić information content (AvgIpc) is 3.16. The van der Waals surface area contributed by atoms with Gasteiger partial charge in [-0.25, -0.2) is 0 Å². The average molecular weight is 335 g/mol. The molecule has 2 N–H and O–H groups in total. The van der Waals surface area contributed by atoms with Gasteiger partial charge in [-0.05, 0) is 23.3 Å². The van der Waals surface area contributed by atoms with Gasteiger partial charge in [0.25, 0.3) is 0 Å². The van der Waals surface area contributed by atoms with E-state index in [9.17, 15) is 0 Å². The number of hydrogen-bond acceptors (Lipinski definition) is 3. The van der Waals surface area contributed by atoms with Crippen molar-refractivity contribution in [3.63, 3.8) is 0 Å². The van der Waals surface area contributed by atoms with Crippen LogP contribution in [0.15, 0.2) is 60.8 Å². The van der Waals surface area contributed by atoms with E-state index in [1.165, 1.54) is 22.0 Å². The highest BCUT2D eigenvalue weighted by Crippen LogP contribution is 2.22. The standard InChI is InChI=1S/C21H25N3O/c1-2-5-17(6-3-1)21(24-11-13-25-14-12-24)16-22-15-18-7-4-8-20-19(18)9-10-23-20/h1-10,21-23H,11-16H2. The van der Waals surface area contributed by atoms with Gasteiger partial charge in [-0.3, -0.25) is 4.90 Å². The monoisotopic (exact) mass is 335 g/mol. The van der Waals surface area contributed by atoms with Crippen LogP contribution in [0.1, 0.15) is 17.2 Å². The van der Waals surface area contributed by atoms with Crippen molar-refractivity contribution in [3.8, 4) is 0 Å². The van der Waals surface area contributed by atoms with Crippen LogP contribution in [0.3, 0.4) is 0 Å². The number of H-pyrrole nitrogens is 1. The first-order chi connectivity index (χ1) is 12.4. The summed E-state index contributed by atoms with van der Waals surface area (Å²) in [5, 5.41) is 4.99. The summed E-state index contributed by atoms with van der Waals surface area (Å²) in [5.74, 6) is 0. The minimum atomic E-state index is 0.385. The van der Waals surface area contributed by atoms with Crippen LogP contribution in [0.4, 0.5) is 0 Å². The second-order valence-corrected chi connectivity index (χ2v) is 6.56. The first kappa shape index (κ1) is 16.3. The molecular weight excluding hydrogens is 310 g/mol. The first-order valence-corrected chi connectivity index (χ1v) is 9.04. The molecule has 3 aromatic rings. The lowest BCUT2D eigenvalue weighted by Crippen LogP contribution is -2.42. The van der Waals surface area contributed by atoms with Gasteiger partial charge in [0.2, 0.25) is 0 Å². The topological polar surface area (TPSA) is 40.3 Å². The van der Waals surface area contributed by atoms with Crippen molar-refractivity contribution in [1.29, 1.82) is 0 Å². The highest BCUT2D eigenvalue weighted by molar-refractivity contribution is 5.82. The maximum atomic E-state index is 5.53. The number of benzene rings is 2. The number of aromatic nitrogens is 1. The Hall–Kier alpha value is -2.14. The zero-order chi connectivity index (χ0) is 16.9. The van der Waals surface area contributed by atoms with E-state index < -0.39 is 0 Å². The molecule has 1 atom stereocenters. The van der Waals surface area contributed by atoms with Crippen molar-refractivity contribution in [1.82, 2.24) is 15.2 Å². The van der Waals surface area contributed by atoms with Gasteiger partial charge >= 0.3 is 0 Å². The van der Waals surface area contributed by atoms with E-state index in [2.05, 4.69) is 69.8 Å². The van der Waals surface area contributed by atoms with E-state index in [1.807, 2.05) is 6.20 Å². The Morgan fingerprint density at radius 3 is 2.68 bits per heavy atom. The van der Waals surface area contributed by atoms with E-state index in [1.54, 1.807) is 0 Å². The number of nitrogens with zero attached hydrogens (tertiary/aromatic N) is 1. The van der Waals surface area contributed by atoms with E-state index >= 15 is 0 Å². The van der Waals surface area contributed by atoms with Gasteiger partial charge in [-0.1, -0.05) is 42.5 Å². The first-order valence-electron chi connectivity index (χ1n) is 9.04. The molecule has 2 heterocycles. The lowest BCUT2D eigenvalue weighted by Gasteiger charge is -2.35. The van der Waals surface area contributed by atoms with E-state index in [0.717, 1.165) is 39.4 Å². The molecule has 130 valence electrons. The van der Waals surface area contributed by atoms with Crippen LogP contribution < -0.4 is 5.32 Å². The second kappa shape index (κ2) is 7.83. The van der Waals surface area contributed by atoms with Crippen molar-refractivity contribution in [3.05, 3.63) is 71.9 Å². The molecule has 1 saturated heterocycles. The number of rotatable bonds is 6. The lowest BCUT2D eigenvalue weighted by molar-refractivity contribution is 0.0161. The SMILES string of the molecule is c1ccc(C(CNCc2cccc3[nH]ccc23)N2CCOCC2)cc1. The normalized spacial score (nSPS) is 17.0. The van der Waals surface area contributed by atoms with Gasteiger partial charge in [0.05, 0.1) is 13.2 Å². The van der Waals surface area contributed by atoms with Crippen LogP contribution in [0.25, 0.3) is 10.9 Å². The Kier molecular flexibility index (Phi) is 5.11. The molecule has 1 aromatic heterocycles. The summed E-state index contributed by atoms with van der Waals surface area (Å²) in [4.78, 5) is 5.82. The zero-order valence-electron chi connectivity index (χ0n) is 14.4. The summed E-state index contributed by atoms with van der Waals surface area (Å²) < 4.78 is 5.53. The molecule has 1 fully saturated rings. The fraction of sp³-hybridized carbons (Fsp3) is 0.333. The third-order valence-corrected chi connectivity index (χ3v) is 5.01. The van der Waals surface area contributed by atoms with E-state index in [4.69, 9.17) is 4.74 Å². The van der Waals surface area contributed by atoms with Gasteiger partial charge in [0.1, 0.15) is 0 Å². The highest BCUT2D eigenvalue weighted by Gasteiger charge is 2.22. The molecule has 1 unspecified atom stereocenters. The summed E-state index contributed by atoms with van der Waals surface area (Å²) in [6.07, 6.45) is 2.01. The molecular formula is C21H25N3O. The Morgan fingerprint density at radius 1 is 1.00 bits per heavy atom. The number of nitrogens with one attached hydrogen (secondary N) is 2. The Bertz CT molecular complexity index is 793. The fourth-order valence-corrected chi connectivity index (χ4v) is 3.67. The molecule has 0 spiro atoms. The van der Waals surface area contributed by atoms with Crippen LogP contribution in [0.2, 0.25) is 0 Å². The molecule has 25 heavy (non-hydrogen) atoms. The van der Waals surface area contributed by atoms with Crippen LogP contribution in [0.5, 0.6) is 0 Å². The molecule has 1 aliphatic heterocycles. The minimum absolute atomic E-state index is 0.385. The molecule has 0 bridgehead atoms. The predicted molar refractivity (Wildman–Crippen MR) is 102 cm³/mol. The van der Waals surface area contributed by atoms with Crippen LogP contribution in [0, 0.1) is 0 Å². The van der Waals surface area contributed by atoms with Gasteiger partial charge in [-0.15, -0.1) is 0 Å². The third-order valence-electron chi connectivity index (χ3n) is 5.01. The fourth-order valence-electron chi connectivity index (χ4n) is 3.67. The maximum absolute atomic E-state index is 5.53. The quantitative estimate of drug-likeness (QED) is 0.726. The van der Waals surface area contributed by atoms with Crippen molar-refractivity contribution >= 4 is 10.9 Å². The van der Waals surface area contributed by atoms with Crippen molar-refractivity contribution in [2.24, 2.45) is 0 Å². The van der Waals surface area contributed by atoms with Gasteiger partial charge in [-0.2, -0.15) is 0 Å². The van der Waals surface area contributed by atoms with Crippen molar-refractivity contribution in [2.45, 2.75) is 12.6 Å². The van der Waals surface area contributed by atoms with E-state index in [0.29, 0.717) is 6.04 Å². The van der Waals surface area contributed by atoms with Crippen LogP contribution in [-0.4, -0.2) is 42.7 Å². The Balaban J connectivity index is 1.46. The summed E-state index contributed by atoms with van der Waals surface area (Å²) >= 11 is 0. The summed E-state index contributed by atoms with van der Waals surface area (Å²) in [5.41, 5.74) is 3.91. The zero-order valence-corrected chi connectivity index (χ0v) is 14.4. The molecule has 4 nitrogen and oxygen atoms in total. The third kappa shape index (κ3) is 3.76. The number of aromatic amines is 1.